The fraction of sp³-hybridized carbons (Fsp3) is 0.667. The Balaban J connectivity index is 2.28. The number of esters is 1. The maximum atomic E-state index is 10.6. The fourth-order valence-corrected chi connectivity index (χ4v) is 0.821. The molecule has 1 N–H and O–H groups in total. The van der Waals surface area contributed by atoms with Crippen molar-refractivity contribution in [2.24, 2.45) is 0 Å². The van der Waals surface area contributed by atoms with Crippen molar-refractivity contribution in [3.8, 4) is 0 Å². The van der Waals surface area contributed by atoms with E-state index < -0.39 is 6.09 Å². The first-order valence-corrected chi connectivity index (χ1v) is 3.22. The van der Waals surface area contributed by atoms with Crippen molar-refractivity contribution in [2.75, 3.05) is 13.7 Å². The molecule has 62 valence electrons. The van der Waals surface area contributed by atoms with Gasteiger partial charge in [-0.1, -0.05) is 0 Å². The van der Waals surface area contributed by atoms with Crippen LogP contribution in [0.1, 0.15) is 6.42 Å². The SMILES string of the molecule is COC(=O)C[C@H]1COC(=O)N1. The normalized spacial score (nSPS) is 22.3. The number of ether oxygens (including phenoxy) is 2. The van der Waals surface area contributed by atoms with Crippen LogP contribution >= 0.6 is 0 Å². The molecule has 0 unspecified atom stereocenters. The summed E-state index contributed by atoms with van der Waals surface area (Å²) >= 11 is 0. The zero-order chi connectivity index (χ0) is 8.27. The number of methoxy groups -OCH3 is 1. The average Bonchev–Trinajstić information content (AvgIpc) is 2.35. The van der Waals surface area contributed by atoms with Crippen molar-refractivity contribution in [3.05, 3.63) is 0 Å². The molecule has 0 aromatic carbocycles. The van der Waals surface area contributed by atoms with E-state index in [4.69, 9.17) is 0 Å². The van der Waals surface area contributed by atoms with Crippen LogP contribution in [-0.2, 0) is 14.3 Å². The minimum Gasteiger partial charge on any atom is -0.469 e. The second kappa shape index (κ2) is 3.23. The lowest BCUT2D eigenvalue weighted by Gasteiger charge is -2.03. The number of carbonyl (C=O) groups is 2. The Morgan fingerprint density at radius 3 is 3.09 bits per heavy atom. The molecule has 5 nitrogen and oxygen atoms in total. The van der Waals surface area contributed by atoms with E-state index in [1.807, 2.05) is 0 Å². The van der Waals surface area contributed by atoms with Crippen molar-refractivity contribution in [3.63, 3.8) is 0 Å². The zero-order valence-corrected chi connectivity index (χ0v) is 6.12. The highest BCUT2D eigenvalue weighted by atomic mass is 16.6. The molecule has 1 heterocycles. The number of cyclic esters (lactones) is 1. The second-order valence-corrected chi connectivity index (χ2v) is 2.22. The fourth-order valence-electron chi connectivity index (χ4n) is 0.821. The Hall–Kier alpha value is -1.26. The highest BCUT2D eigenvalue weighted by Gasteiger charge is 2.24. The van der Waals surface area contributed by atoms with Gasteiger partial charge in [0.2, 0.25) is 0 Å². The van der Waals surface area contributed by atoms with E-state index in [2.05, 4.69) is 14.8 Å². The molecule has 1 saturated heterocycles. The standard InChI is InChI=1S/C6H9NO4/c1-10-5(8)2-4-3-11-6(9)7-4/h4H,2-3H2,1H3,(H,7,9)/t4-/m0/s1. The van der Waals surface area contributed by atoms with Gasteiger partial charge in [-0.05, 0) is 0 Å². The molecule has 1 aliphatic rings. The number of carbonyl (C=O) groups excluding carboxylic acids is 2. The minimum atomic E-state index is -0.473. The maximum Gasteiger partial charge on any atom is 0.407 e. The Morgan fingerprint density at radius 1 is 1.91 bits per heavy atom. The van der Waals surface area contributed by atoms with Gasteiger partial charge in [-0.3, -0.25) is 4.79 Å². The number of hydrogen-bond donors (Lipinski definition) is 1. The average molecular weight is 159 g/mol. The van der Waals surface area contributed by atoms with E-state index >= 15 is 0 Å². The maximum absolute atomic E-state index is 10.6. The molecule has 1 atom stereocenters. The van der Waals surface area contributed by atoms with Crippen LogP contribution in [0.3, 0.4) is 0 Å². The molecular weight excluding hydrogens is 150 g/mol. The van der Waals surface area contributed by atoms with Gasteiger partial charge in [0.05, 0.1) is 19.6 Å². The third-order valence-corrected chi connectivity index (χ3v) is 1.38. The number of nitrogens with one attached hydrogen (secondary N) is 1. The lowest BCUT2D eigenvalue weighted by Crippen LogP contribution is -2.29. The summed E-state index contributed by atoms with van der Waals surface area (Å²) in [5.41, 5.74) is 0. The predicted octanol–water partition coefficient (Wildman–Crippen LogP) is -0.342. The van der Waals surface area contributed by atoms with Crippen LogP contribution in [0.5, 0.6) is 0 Å². The van der Waals surface area contributed by atoms with Gasteiger partial charge in [-0.2, -0.15) is 0 Å². The van der Waals surface area contributed by atoms with E-state index in [0.717, 1.165) is 0 Å². The summed E-state index contributed by atoms with van der Waals surface area (Å²) in [5.74, 6) is -0.346. The Bertz CT molecular complexity index is 179. The lowest BCUT2D eigenvalue weighted by atomic mass is 10.2. The summed E-state index contributed by atoms with van der Waals surface area (Å²) in [5, 5.41) is 2.46. The number of amides is 1. The summed E-state index contributed by atoms with van der Waals surface area (Å²) in [7, 11) is 1.31. The van der Waals surface area contributed by atoms with Gasteiger partial charge in [0.1, 0.15) is 6.61 Å². The molecule has 0 aromatic rings. The highest BCUT2D eigenvalue weighted by Crippen LogP contribution is 2.02. The van der Waals surface area contributed by atoms with Crippen molar-refractivity contribution in [2.45, 2.75) is 12.5 Å². The van der Waals surface area contributed by atoms with Gasteiger partial charge < -0.3 is 14.8 Å². The van der Waals surface area contributed by atoms with Crippen LogP contribution in [0.15, 0.2) is 0 Å². The lowest BCUT2D eigenvalue weighted by molar-refractivity contribution is -0.141. The summed E-state index contributed by atoms with van der Waals surface area (Å²) in [6.45, 7) is 0.244. The quantitative estimate of drug-likeness (QED) is 0.560. The van der Waals surface area contributed by atoms with E-state index in [9.17, 15) is 9.59 Å². The molecule has 1 amide bonds. The minimum absolute atomic E-state index is 0.169. The number of alkyl carbamates (subject to hydrolysis) is 1. The third kappa shape index (κ3) is 2.10. The molecule has 0 aliphatic carbocycles. The zero-order valence-electron chi connectivity index (χ0n) is 6.12. The van der Waals surface area contributed by atoms with Crippen LogP contribution in [0, 0.1) is 0 Å². The van der Waals surface area contributed by atoms with Crippen LogP contribution in [0.25, 0.3) is 0 Å². The van der Waals surface area contributed by atoms with Gasteiger partial charge in [0, 0.05) is 0 Å². The van der Waals surface area contributed by atoms with E-state index in [1.54, 1.807) is 0 Å². The first-order chi connectivity index (χ1) is 5.22. The van der Waals surface area contributed by atoms with E-state index in [0.29, 0.717) is 0 Å². The largest absolute Gasteiger partial charge is 0.469 e. The first-order valence-electron chi connectivity index (χ1n) is 3.22. The van der Waals surface area contributed by atoms with Crippen LogP contribution in [0.2, 0.25) is 0 Å². The number of hydrogen-bond acceptors (Lipinski definition) is 4. The predicted molar refractivity (Wildman–Crippen MR) is 34.9 cm³/mol. The van der Waals surface area contributed by atoms with Crippen LogP contribution in [-0.4, -0.2) is 31.8 Å². The van der Waals surface area contributed by atoms with Crippen molar-refractivity contribution >= 4 is 12.1 Å². The summed E-state index contributed by atoms with van der Waals surface area (Å²) in [6, 6.07) is -0.227. The second-order valence-electron chi connectivity index (χ2n) is 2.22. The van der Waals surface area contributed by atoms with Gasteiger partial charge in [0.25, 0.3) is 0 Å². The third-order valence-electron chi connectivity index (χ3n) is 1.38. The number of rotatable bonds is 2. The molecule has 0 bridgehead atoms. The molecule has 0 spiro atoms. The molecule has 1 rings (SSSR count). The Morgan fingerprint density at radius 2 is 2.64 bits per heavy atom. The molecule has 5 heteroatoms. The monoisotopic (exact) mass is 159 g/mol. The first kappa shape index (κ1) is 7.84. The van der Waals surface area contributed by atoms with Crippen molar-refractivity contribution < 1.29 is 19.1 Å². The molecule has 0 saturated carbocycles. The highest BCUT2D eigenvalue weighted by molar-refractivity contribution is 5.74. The van der Waals surface area contributed by atoms with Crippen LogP contribution < -0.4 is 5.32 Å². The Kier molecular flexibility index (Phi) is 2.30. The summed E-state index contributed by atoms with van der Waals surface area (Å²) in [6.07, 6.45) is -0.304. The van der Waals surface area contributed by atoms with E-state index in [1.165, 1.54) is 7.11 Å². The molecule has 11 heavy (non-hydrogen) atoms. The topological polar surface area (TPSA) is 64.6 Å². The molecular formula is C6H9NO4. The molecule has 0 radical (unpaired) electrons. The molecule has 0 aromatic heterocycles. The van der Waals surface area contributed by atoms with Crippen molar-refractivity contribution in [1.29, 1.82) is 0 Å². The molecule has 1 aliphatic heterocycles. The Labute approximate surface area is 63.7 Å². The van der Waals surface area contributed by atoms with E-state index in [-0.39, 0.29) is 25.0 Å². The smallest absolute Gasteiger partial charge is 0.407 e. The van der Waals surface area contributed by atoms with Gasteiger partial charge >= 0.3 is 12.1 Å². The van der Waals surface area contributed by atoms with Gasteiger partial charge in [-0.15, -0.1) is 0 Å². The van der Waals surface area contributed by atoms with Crippen molar-refractivity contribution in [1.82, 2.24) is 5.32 Å². The summed E-state index contributed by atoms with van der Waals surface area (Å²) in [4.78, 5) is 21.1. The van der Waals surface area contributed by atoms with Gasteiger partial charge in [-0.25, -0.2) is 4.79 Å². The summed E-state index contributed by atoms with van der Waals surface area (Å²) < 4.78 is 8.95. The van der Waals surface area contributed by atoms with Crippen LogP contribution in [0.4, 0.5) is 4.79 Å². The molecule has 1 fully saturated rings. The van der Waals surface area contributed by atoms with Gasteiger partial charge in [0.15, 0.2) is 0 Å².